The second-order valence-corrected chi connectivity index (χ2v) is 7.72. The topological polar surface area (TPSA) is 3.24 Å². The van der Waals surface area contributed by atoms with Gasteiger partial charge in [-0.2, -0.15) is 0 Å². The van der Waals surface area contributed by atoms with Gasteiger partial charge >= 0.3 is 0 Å². The normalized spacial score (nSPS) is 29.7. The number of benzene rings is 2. The Bertz CT molecular complexity index is 719. The van der Waals surface area contributed by atoms with E-state index in [0.29, 0.717) is 6.04 Å². The highest BCUT2D eigenvalue weighted by Crippen LogP contribution is 2.42. The van der Waals surface area contributed by atoms with Crippen molar-refractivity contribution in [2.45, 2.75) is 50.6 Å². The van der Waals surface area contributed by atoms with Crippen LogP contribution in [0.1, 0.15) is 47.6 Å². The fourth-order valence-corrected chi connectivity index (χ4v) is 5.30. The Hall–Kier alpha value is -1.60. The third kappa shape index (κ3) is 2.33. The number of piperidine rings is 1. The van der Waals surface area contributed by atoms with E-state index in [1.165, 1.54) is 45.1 Å². The largest absolute Gasteiger partial charge is 0.293 e. The molecule has 2 heterocycles. The minimum atomic E-state index is 0.671. The summed E-state index contributed by atoms with van der Waals surface area (Å²) < 4.78 is 0. The molecule has 2 bridgehead atoms. The van der Waals surface area contributed by atoms with Gasteiger partial charge in [-0.15, -0.1) is 0 Å². The number of fused-ring (bicyclic) bond motifs is 3. The molecule has 1 fully saturated rings. The molecule has 0 unspecified atom stereocenters. The summed E-state index contributed by atoms with van der Waals surface area (Å²) in [5, 5.41) is 0. The highest BCUT2D eigenvalue weighted by atomic mass is 15.2. The molecular weight excluding hydrogens is 278 g/mol. The van der Waals surface area contributed by atoms with Gasteiger partial charge in [0.2, 0.25) is 0 Å². The van der Waals surface area contributed by atoms with Crippen molar-refractivity contribution in [1.29, 1.82) is 0 Å². The molecule has 0 amide bonds. The van der Waals surface area contributed by atoms with Crippen molar-refractivity contribution in [2.24, 2.45) is 5.92 Å². The first kappa shape index (κ1) is 13.8. The number of hydrogen-bond acceptors (Lipinski definition) is 1. The molecule has 0 aromatic heterocycles. The third-order valence-electron chi connectivity index (χ3n) is 6.43. The van der Waals surface area contributed by atoms with Gasteiger partial charge in [0.25, 0.3) is 0 Å². The lowest BCUT2D eigenvalue weighted by Crippen LogP contribution is -2.47. The second kappa shape index (κ2) is 5.49. The van der Waals surface area contributed by atoms with Crippen molar-refractivity contribution in [1.82, 2.24) is 4.90 Å². The zero-order valence-corrected chi connectivity index (χ0v) is 13.7. The molecule has 0 saturated carbocycles. The fourth-order valence-electron chi connectivity index (χ4n) is 5.30. The molecule has 1 heteroatoms. The number of hydrogen-bond donors (Lipinski definition) is 0. The molecule has 0 N–H and O–H groups in total. The van der Waals surface area contributed by atoms with Crippen molar-refractivity contribution in [3.05, 3.63) is 70.8 Å². The number of aryl methyl sites for hydroxylation is 1. The fraction of sp³-hybridized carbons (Fsp3) is 0.455. The van der Waals surface area contributed by atoms with Gasteiger partial charge in [-0.05, 0) is 66.7 Å². The second-order valence-electron chi connectivity index (χ2n) is 7.72. The van der Waals surface area contributed by atoms with Crippen molar-refractivity contribution in [2.75, 3.05) is 6.54 Å². The molecule has 6 rings (SSSR count). The molecule has 118 valence electrons. The molecular formula is C22H25N. The maximum absolute atomic E-state index is 2.88. The van der Waals surface area contributed by atoms with E-state index in [1.807, 2.05) is 0 Å². The van der Waals surface area contributed by atoms with E-state index in [2.05, 4.69) is 53.4 Å². The summed E-state index contributed by atoms with van der Waals surface area (Å²) in [6, 6.07) is 19.8. The standard InChI is InChI=1S/C22H25N/c1-2-7-19-14-20-11-9-16(13-18(19)6-1)15-23(20)22-12-10-17-5-3-4-8-21(17)22/h1-8,16,20,22H,9-15H2/t16-,20+,22-/m0/s1. The first-order valence-electron chi connectivity index (χ1n) is 9.29. The molecule has 2 aliphatic heterocycles. The Labute approximate surface area is 139 Å². The van der Waals surface area contributed by atoms with E-state index in [4.69, 9.17) is 0 Å². The van der Waals surface area contributed by atoms with Crippen LogP contribution in [0, 0.1) is 5.92 Å². The first-order valence-corrected chi connectivity index (χ1v) is 9.29. The summed E-state index contributed by atoms with van der Waals surface area (Å²) in [4.78, 5) is 2.88. The van der Waals surface area contributed by atoms with Gasteiger partial charge in [0.05, 0.1) is 0 Å². The van der Waals surface area contributed by atoms with Gasteiger partial charge in [-0.25, -0.2) is 0 Å². The van der Waals surface area contributed by atoms with Crippen molar-refractivity contribution < 1.29 is 0 Å². The highest BCUT2D eigenvalue weighted by Gasteiger charge is 2.38. The zero-order chi connectivity index (χ0) is 15.2. The summed E-state index contributed by atoms with van der Waals surface area (Å²) in [7, 11) is 0. The maximum Gasteiger partial charge on any atom is 0.0357 e. The van der Waals surface area contributed by atoms with Crippen molar-refractivity contribution in [3.63, 3.8) is 0 Å². The highest BCUT2D eigenvalue weighted by molar-refractivity contribution is 5.35. The Morgan fingerprint density at radius 3 is 2.35 bits per heavy atom. The Morgan fingerprint density at radius 2 is 1.48 bits per heavy atom. The lowest BCUT2D eigenvalue weighted by molar-refractivity contribution is 0.0574. The van der Waals surface area contributed by atoms with Crippen LogP contribution in [-0.2, 0) is 19.3 Å². The average molecular weight is 303 g/mol. The molecule has 1 nitrogen and oxygen atoms in total. The van der Waals surface area contributed by atoms with Gasteiger partial charge in [-0.3, -0.25) is 4.90 Å². The minimum Gasteiger partial charge on any atom is -0.293 e. The molecule has 4 aliphatic rings. The van der Waals surface area contributed by atoms with E-state index < -0.39 is 0 Å². The van der Waals surface area contributed by atoms with Crippen LogP contribution < -0.4 is 0 Å². The summed E-state index contributed by atoms with van der Waals surface area (Å²) in [6.45, 7) is 1.30. The lowest BCUT2D eigenvalue weighted by Gasteiger charge is -2.45. The van der Waals surface area contributed by atoms with Crippen LogP contribution in [0.3, 0.4) is 0 Å². The molecule has 2 aliphatic carbocycles. The summed E-state index contributed by atoms with van der Waals surface area (Å²) in [5.41, 5.74) is 6.44. The van der Waals surface area contributed by atoms with Gasteiger partial charge < -0.3 is 0 Å². The molecule has 23 heavy (non-hydrogen) atoms. The summed E-state index contributed by atoms with van der Waals surface area (Å²) in [6.07, 6.45) is 7.94. The van der Waals surface area contributed by atoms with Crippen LogP contribution in [-0.4, -0.2) is 17.5 Å². The zero-order valence-electron chi connectivity index (χ0n) is 13.7. The summed E-state index contributed by atoms with van der Waals surface area (Å²) in [5.74, 6) is 0.848. The van der Waals surface area contributed by atoms with E-state index >= 15 is 0 Å². The van der Waals surface area contributed by atoms with Crippen LogP contribution in [0.15, 0.2) is 48.5 Å². The molecule has 3 atom stereocenters. The number of rotatable bonds is 1. The smallest absolute Gasteiger partial charge is 0.0357 e. The van der Waals surface area contributed by atoms with Gasteiger partial charge in [-0.1, -0.05) is 48.5 Å². The lowest BCUT2D eigenvalue weighted by atomic mass is 9.79. The van der Waals surface area contributed by atoms with Gasteiger partial charge in [0, 0.05) is 18.6 Å². The summed E-state index contributed by atoms with van der Waals surface area (Å²) >= 11 is 0. The Balaban J connectivity index is 1.50. The van der Waals surface area contributed by atoms with Crippen molar-refractivity contribution in [3.8, 4) is 0 Å². The molecule has 2 aromatic rings. The van der Waals surface area contributed by atoms with E-state index in [1.54, 1.807) is 22.3 Å². The Kier molecular flexibility index (Phi) is 3.29. The predicted molar refractivity (Wildman–Crippen MR) is 94.6 cm³/mol. The average Bonchev–Trinajstić information content (AvgIpc) is 2.98. The molecule has 2 aromatic carbocycles. The predicted octanol–water partition coefficient (Wildman–Crippen LogP) is 4.55. The SMILES string of the molecule is c1ccc2c(c1)C[C@@H]1CC[C@H](C2)N([C@H]2CCc3ccccc32)C1. The first-order chi connectivity index (χ1) is 11.4. The molecule has 0 radical (unpaired) electrons. The Morgan fingerprint density at radius 1 is 0.739 bits per heavy atom. The monoisotopic (exact) mass is 303 g/mol. The maximum atomic E-state index is 2.88. The van der Waals surface area contributed by atoms with Crippen LogP contribution in [0.25, 0.3) is 0 Å². The van der Waals surface area contributed by atoms with E-state index in [-0.39, 0.29) is 0 Å². The molecule has 0 spiro atoms. The van der Waals surface area contributed by atoms with Crippen LogP contribution >= 0.6 is 0 Å². The van der Waals surface area contributed by atoms with Gasteiger partial charge in [0.1, 0.15) is 0 Å². The molecule has 1 saturated heterocycles. The van der Waals surface area contributed by atoms with Crippen LogP contribution in [0.5, 0.6) is 0 Å². The van der Waals surface area contributed by atoms with Crippen LogP contribution in [0.4, 0.5) is 0 Å². The van der Waals surface area contributed by atoms with Gasteiger partial charge in [0.15, 0.2) is 0 Å². The third-order valence-corrected chi connectivity index (χ3v) is 6.43. The van der Waals surface area contributed by atoms with Crippen molar-refractivity contribution >= 4 is 0 Å². The number of nitrogens with zero attached hydrogens (tertiary/aromatic N) is 1. The minimum absolute atomic E-state index is 0.671. The quantitative estimate of drug-likeness (QED) is 0.747. The van der Waals surface area contributed by atoms with E-state index in [9.17, 15) is 0 Å². The van der Waals surface area contributed by atoms with E-state index in [0.717, 1.165) is 12.0 Å². The van der Waals surface area contributed by atoms with Crippen LogP contribution in [0.2, 0.25) is 0 Å².